The summed E-state index contributed by atoms with van der Waals surface area (Å²) in [4.78, 5) is 19.5. The van der Waals surface area contributed by atoms with E-state index >= 15 is 0 Å². The van der Waals surface area contributed by atoms with E-state index in [4.69, 9.17) is 11.6 Å². The SMILES string of the molecule is O=C(N1CCc2c1ccnc2Cl)C12CC=C3CCC(C1)C3C2. The number of nitrogens with zero attached hydrogens (tertiary/aromatic N) is 2. The molecule has 3 unspecified atom stereocenters. The third kappa shape index (κ3) is 1.58. The largest absolute Gasteiger partial charge is 0.311 e. The average molecular weight is 315 g/mol. The molecule has 1 aromatic rings. The fourth-order valence-corrected chi connectivity index (χ4v) is 5.63. The number of hydrogen-bond acceptors (Lipinski definition) is 2. The molecule has 3 nitrogen and oxygen atoms in total. The lowest BCUT2D eigenvalue weighted by atomic mass is 9.75. The summed E-state index contributed by atoms with van der Waals surface area (Å²) >= 11 is 6.20. The first-order valence-corrected chi connectivity index (χ1v) is 8.70. The molecule has 0 spiro atoms. The third-order valence-electron chi connectivity index (χ3n) is 6.42. The van der Waals surface area contributed by atoms with Crippen LogP contribution in [0.25, 0.3) is 0 Å². The molecule has 2 saturated carbocycles. The molecule has 3 aliphatic carbocycles. The van der Waals surface area contributed by atoms with E-state index in [1.807, 2.05) is 11.0 Å². The van der Waals surface area contributed by atoms with Crippen LogP contribution in [-0.2, 0) is 11.2 Å². The maximum Gasteiger partial charge on any atom is 0.233 e. The molecule has 0 N–H and O–H groups in total. The Bertz CT molecular complexity index is 713. The molecule has 4 heteroatoms. The van der Waals surface area contributed by atoms with E-state index in [2.05, 4.69) is 11.1 Å². The Balaban J connectivity index is 1.51. The van der Waals surface area contributed by atoms with Crippen molar-refractivity contribution in [1.82, 2.24) is 4.98 Å². The van der Waals surface area contributed by atoms with Gasteiger partial charge < -0.3 is 4.90 Å². The zero-order valence-corrected chi connectivity index (χ0v) is 13.3. The lowest BCUT2D eigenvalue weighted by Gasteiger charge is -2.35. The predicted molar refractivity (Wildman–Crippen MR) is 85.9 cm³/mol. The second kappa shape index (κ2) is 4.35. The second-order valence-corrected chi connectivity index (χ2v) is 7.74. The molecular weight excluding hydrogens is 296 g/mol. The van der Waals surface area contributed by atoms with Crippen LogP contribution in [0.4, 0.5) is 5.69 Å². The molecule has 2 bridgehead atoms. The minimum absolute atomic E-state index is 0.142. The highest BCUT2D eigenvalue weighted by molar-refractivity contribution is 6.30. The highest BCUT2D eigenvalue weighted by Gasteiger charge is 2.56. The molecule has 1 aromatic heterocycles. The van der Waals surface area contributed by atoms with E-state index in [1.165, 1.54) is 12.8 Å². The molecule has 5 rings (SSSR count). The minimum atomic E-state index is -0.142. The number of halogens is 1. The van der Waals surface area contributed by atoms with Crippen molar-refractivity contribution < 1.29 is 4.79 Å². The Morgan fingerprint density at radius 3 is 3.18 bits per heavy atom. The van der Waals surface area contributed by atoms with Crippen LogP contribution in [0.1, 0.15) is 37.7 Å². The van der Waals surface area contributed by atoms with Gasteiger partial charge in [-0.2, -0.15) is 0 Å². The first-order valence-electron chi connectivity index (χ1n) is 8.32. The first kappa shape index (κ1) is 13.1. The van der Waals surface area contributed by atoms with Gasteiger partial charge in [-0.1, -0.05) is 23.3 Å². The van der Waals surface area contributed by atoms with Gasteiger partial charge in [0.05, 0.1) is 11.1 Å². The van der Waals surface area contributed by atoms with E-state index in [-0.39, 0.29) is 5.41 Å². The van der Waals surface area contributed by atoms with Crippen molar-refractivity contribution in [3.05, 3.63) is 34.6 Å². The van der Waals surface area contributed by atoms with Gasteiger partial charge in [-0.05, 0) is 56.4 Å². The number of fused-ring (bicyclic) bond motifs is 2. The summed E-state index contributed by atoms with van der Waals surface area (Å²) < 4.78 is 0. The van der Waals surface area contributed by atoms with Crippen molar-refractivity contribution in [3.63, 3.8) is 0 Å². The van der Waals surface area contributed by atoms with Crippen LogP contribution < -0.4 is 4.90 Å². The van der Waals surface area contributed by atoms with Crippen LogP contribution in [0.3, 0.4) is 0 Å². The van der Waals surface area contributed by atoms with E-state index in [0.29, 0.717) is 17.0 Å². The standard InChI is InChI=1S/C18H19ClN2O/c19-16-13-5-8-21(15(13)4-7-20-16)17(22)18-6-3-11-1-2-12(9-18)14(11)10-18/h3-4,7,12,14H,1-2,5-6,8-10H2. The molecule has 114 valence electrons. The van der Waals surface area contributed by atoms with Crippen LogP contribution in [-0.4, -0.2) is 17.4 Å². The predicted octanol–water partition coefficient (Wildman–Crippen LogP) is 3.76. The van der Waals surface area contributed by atoms with E-state index in [9.17, 15) is 4.79 Å². The quantitative estimate of drug-likeness (QED) is 0.584. The Kier molecular flexibility index (Phi) is 2.59. The van der Waals surface area contributed by atoms with Crippen molar-refractivity contribution in [2.75, 3.05) is 11.4 Å². The molecule has 1 aliphatic heterocycles. The summed E-state index contributed by atoms with van der Waals surface area (Å²) in [7, 11) is 0. The maximum atomic E-state index is 13.4. The highest BCUT2D eigenvalue weighted by atomic mass is 35.5. The third-order valence-corrected chi connectivity index (χ3v) is 6.75. The second-order valence-electron chi connectivity index (χ2n) is 7.38. The van der Waals surface area contributed by atoms with Crippen molar-refractivity contribution >= 4 is 23.2 Å². The molecule has 1 amide bonds. The molecule has 0 aromatic carbocycles. The van der Waals surface area contributed by atoms with E-state index in [1.54, 1.807) is 11.8 Å². The summed E-state index contributed by atoms with van der Waals surface area (Å²) in [5.41, 5.74) is 3.53. The number of amides is 1. The molecule has 3 atom stereocenters. The number of carbonyl (C=O) groups is 1. The van der Waals surface area contributed by atoms with Gasteiger partial charge in [0.1, 0.15) is 5.15 Å². The summed E-state index contributed by atoms with van der Waals surface area (Å²) in [6.45, 7) is 0.757. The van der Waals surface area contributed by atoms with Crippen LogP contribution >= 0.6 is 11.6 Å². The fourth-order valence-electron chi connectivity index (χ4n) is 5.38. The van der Waals surface area contributed by atoms with E-state index < -0.39 is 0 Å². The molecule has 2 heterocycles. The van der Waals surface area contributed by atoms with Crippen LogP contribution in [0.15, 0.2) is 23.9 Å². The van der Waals surface area contributed by atoms with Crippen LogP contribution in [0.5, 0.6) is 0 Å². The molecule has 0 radical (unpaired) electrons. The van der Waals surface area contributed by atoms with Crippen molar-refractivity contribution in [2.24, 2.45) is 17.3 Å². The first-order chi connectivity index (χ1) is 10.7. The zero-order chi connectivity index (χ0) is 14.9. The van der Waals surface area contributed by atoms with Crippen LogP contribution in [0, 0.1) is 17.3 Å². The molecule has 0 saturated heterocycles. The van der Waals surface area contributed by atoms with Crippen LogP contribution in [0.2, 0.25) is 5.15 Å². The summed E-state index contributed by atoms with van der Waals surface area (Å²) in [5, 5.41) is 0.555. The normalized spacial score (nSPS) is 34.8. The number of carbonyl (C=O) groups excluding carboxylic acids is 1. The van der Waals surface area contributed by atoms with Crippen molar-refractivity contribution in [1.29, 1.82) is 0 Å². The van der Waals surface area contributed by atoms with Crippen molar-refractivity contribution in [2.45, 2.75) is 38.5 Å². The lowest BCUT2D eigenvalue weighted by Crippen LogP contribution is -2.43. The Morgan fingerprint density at radius 2 is 2.27 bits per heavy atom. The number of aromatic nitrogens is 1. The molecule has 22 heavy (non-hydrogen) atoms. The Morgan fingerprint density at radius 1 is 1.36 bits per heavy atom. The van der Waals surface area contributed by atoms with Gasteiger partial charge in [-0.3, -0.25) is 4.79 Å². The summed E-state index contributed by atoms with van der Waals surface area (Å²) in [6, 6.07) is 1.95. The average Bonchev–Trinajstić information content (AvgIpc) is 3.15. The topological polar surface area (TPSA) is 33.2 Å². The highest BCUT2D eigenvalue weighted by Crippen LogP contribution is 2.61. The fraction of sp³-hybridized carbons (Fsp3) is 0.556. The number of allylic oxidation sites excluding steroid dienone is 2. The van der Waals surface area contributed by atoms with Gasteiger partial charge in [0, 0.05) is 18.3 Å². The van der Waals surface area contributed by atoms with Gasteiger partial charge in [-0.15, -0.1) is 0 Å². The number of hydrogen-bond donors (Lipinski definition) is 0. The molecule has 2 fully saturated rings. The zero-order valence-electron chi connectivity index (χ0n) is 12.5. The van der Waals surface area contributed by atoms with Crippen molar-refractivity contribution in [3.8, 4) is 0 Å². The van der Waals surface area contributed by atoms with Gasteiger partial charge in [0.15, 0.2) is 0 Å². The van der Waals surface area contributed by atoms with Gasteiger partial charge in [-0.25, -0.2) is 4.98 Å². The summed E-state index contributed by atoms with van der Waals surface area (Å²) in [5.74, 6) is 1.78. The summed E-state index contributed by atoms with van der Waals surface area (Å²) in [6.07, 6.45) is 10.6. The maximum absolute atomic E-state index is 13.4. The smallest absolute Gasteiger partial charge is 0.233 e. The minimum Gasteiger partial charge on any atom is -0.311 e. The molecule has 4 aliphatic rings. The lowest BCUT2D eigenvalue weighted by molar-refractivity contribution is -0.128. The monoisotopic (exact) mass is 314 g/mol. The molecular formula is C18H19ClN2O. The number of anilines is 1. The van der Waals surface area contributed by atoms with E-state index in [0.717, 1.165) is 49.4 Å². The van der Waals surface area contributed by atoms with Gasteiger partial charge in [0.2, 0.25) is 5.91 Å². The van der Waals surface area contributed by atoms with Gasteiger partial charge in [0.25, 0.3) is 0 Å². The Hall–Kier alpha value is -1.35. The Labute approximate surface area is 135 Å². The number of rotatable bonds is 1. The van der Waals surface area contributed by atoms with Gasteiger partial charge >= 0.3 is 0 Å². The number of pyridine rings is 1.